The highest BCUT2D eigenvalue weighted by Crippen LogP contribution is 2.37. The lowest BCUT2D eigenvalue weighted by atomic mass is 10.0. The molecule has 0 radical (unpaired) electrons. The predicted molar refractivity (Wildman–Crippen MR) is 138 cm³/mol. The van der Waals surface area contributed by atoms with Gasteiger partial charge in [-0.1, -0.05) is 42.5 Å². The molecule has 0 aliphatic carbocycles. The molecular weight excluding hydrogens is 478 g/mol. The Bertz CT molecular complexity index is 1480. The number of sulfonamides is 1. The van der Waals surface area contributed by atoms with E-state index in [9.17, 15) is 18.6 Å². The van der Waals surface area contributed by atoms with E-state index in [0.717, 1.165) is 33.2 Å². The van der Waals surface area contributed by atoms with E-state index in [1.807, 2.05) is 48.7 Å². The Labute approximate surface area is 210 Å². The number of rotatable bonds is 9. The Balaban J connectivity index is 1.45. The van der Waals surface area contributed by atoms with Gasteiger partial charge in [0, 0.05) is 29.6 Å². The Morgan fingerprint density at radius 3 is 2.61 bits per heavy atom. The molecule has 1 unspecified atom stereocenters. The Morgan fingerprint density at radius 2 is 1.86 bits per heavy atom. The van der Waals surface area contributed by atoms with Crippen LogP contribution in [-0.4, -0.2) is 49.9 Å². The van der Waals surface area contributed by atoms with E-state index in [-0.39, 0.29) is 11.5 Å². The van der Waals surface area contributed by atoms with Crippen molar-refractivity contribution < 1.29 is 23.4 Å². The number of benzene rings is 3. The van der Waals surface area contributed by atoms with Crippen molar-refractivity contribution in [3.63, 3.8) is 0 Å². The molecule has 0 amide bonds. The molecular formula is C27H29N3O5S. The maximum atomic E-state index is 13.6. The number of H-pyrrole nitrogens is 1. The quantitative estimate of drug-likeness (QED) is 0.222. The number of para-hydroxylation sites is 1. The smallest absolute Gasteiger partial charge is 0.244 e. The molecule has 2 heterocycles. The zero-order chi connectivity index (χ0) is 25.3. The summed E-state index contributed by atoms with van der Waals surface area (Å²) in [5.41, 5.74) is 4.98. The van der Waals surface area contributed by atoms with Crippen molar-refractivity contribution in [2.24, 2.45) is 0 Å². The average molecular weight is 508 g/mol. The first-order chi connectivity index (χ1) is 17.4. The number of ether oxygens (including phenoxy) is 1. The number of aliphatic hydroxyl groups is 2. The highest BCUT2D eigenvalue weighted by molar-refractivity contribution is 7.89. The molecule has 8 nitrogen and oxygen atoms in total. The fraction of sp³-hybridized carbons (Fsp3) is 0.259. The molecule has 0 bridgehead atoms. The van der Waals surface area contributed by atoms with Gasteiger partial charge in [0.05, 0.1) is 13.2 Å². The van der Waals surface area contributed by atoms with Crippen molar-refractivity contribution in [2.75, 3.05) is 20.3 Å². The predicted octanol–water partition coefficient (Wildman–Crippen LogP) is 2.86. The van der Waals surface area contributed by atoms with Crippen LogP contribution in [0.5, 0.6) is 5.75 Å². The summed E-state index contributed by atoms with van der Waals surface area (Å²) in [7, 11) is -2.34. The third kappa shape index (κ3) is 4.76. The van der Waals surface area contributed by atoms with Crippen LogP contribution in [0.1, 0.15) is 22.9 Å². The van der Waals surface area contributed by atoms with Crippen LogP contribution >= 0.6 is 0 Å². The van der Waals surface area contributed by atoms with Gasteiger partial charge in [-0.25, -0.2) is 13.1 Å². The molecule has 2 atom stereocenters. The van der Waals surface area contributed by atoms with Gasteiger partial charge >= 0.3 is 0 Å². The van der Waals surface area contributed by atoms with Crippen molar-refractivity contribution in [1.29, 1.82) is 0 Å². The van der Waals surface area contributed by atoms with E-state index >= 15 is 0 Å². The van der Waals surface area contributed by atoms with Gasteiger partial charge < -0.3 is 19.9 Å². The molecule has 9 heteroatoms. The van der Waals surface area contributed by atoms with Crippen molar-refractivity contribution in [2.45, 2.75) is 30.0 Å². The summed E-state index contributed by atoms with van der Waals surface area (Å²) < 4.78 is 35.5. The van der Waals surface area contributed by atoms with Crippen LogP contribution in [-0.2, 0) is 22.9 Å². The fourth-order valence-electron chi connectivity index (χ4n) is 4.66. The summed E-state index contributed by atoms with van der Waals surface area (Å²) in [6.45, 7) is 0.0596. The first-order valence-electron chi connectivity index (χ1n) is 11.8. The van der Waals surface area contributed by atoms with Gasteiger partial charge in [0.15, 0.2) is 0 Å². The highest BCUT2D eigenvalue weighted by Gasteiger charge is 2.29. The second-order valence-electron chi connectivity index (χ2n) is 8.94. The SMILES string of the molecule is CNC(O)c1ccc(-c2cc3c(c(S(=O)(=O)N[C@@H](CO)Cc4c[nH]c5ccccc45)c2)OCC3)cc1. The van der Waals surface area contributed by atoms with Crippen LogP contribution in [0.25, 0.3) is 22.0 Å². The minimum atomic E-state index is -4.00. The number of nitrogens with one attached hydrogen (secondary N) is 3. The van der Waals surface area contributed by atoms with Crippen LogP contribution in [0, 0.1) is 0 Å². The molecule has 36 heavy (non-hydrogen) atoms. The summed E-state index contributed by atoms with van der Waals surface area (Å²) >= 11 is 0. The molecule has 1 aromatic heterocycles. The Kier molecular flexibility index (Phi) is 6.83. The summed E-state index contributed by atoms with van der Waals surface area (Å²) in [6, 6.07) is 17.9. The van der Waals surface area contributed by atoms with E-state index in [1.54, 1.807) is 25.2 Å². The number of hydrogen-bond donors (Lipinski definition) is 5. The van der Waals surface area contributed by atoms with Gasteiger partial charge in [0.2, 0.25) is 10.0 Å². The largest absolute Gasteiger partial charge is 0.492 e. The third-order valence-electron chi connectivity index (χ3n) is 6.56. The number of aromatic amines is 1. The molecule has 4 aromatic rings. The van der Waals surface area contributed by atoms with E-state index in [1.165, 1.54) is 0 Å². The van der Waals surface area contributed by atoms with Crippen LogP contribution in [0.15, 0.2) is 71.8 Å². The van der Waals surface area contributed by atoms with Gasteiger partial charge in [-0.2, -0.15) is 0 Å². The van der Waals surface area contributed by atoms with Gasteiger partial charge in [0.1, 0.15) is 16.9 Å². The van der Waals surface area contributed by atoms with E-state index in [2.05, 4.69) is 15.0 Å². The molecule has 0 saturated heterocycles. The molecule has 0 fully saturated rings. The third-order valence-corrected chi connectivity index (χ3v) is 8.08. The molecule has 1 aliphatic rings. The topological polar surface area (TPSA) is 124 Å². The lowest BCUT2D eigenvalue weighted by molar-refractivity contribution is 0.149. The first-order valence-corrected chi connectivity index (χ1v) is 13.3. The van der Waals surface area contributed by atoms with E-state index < -0.39 is 22.3 Å². The minimum Gasteiger partial charge on any atom is -0.492 e. The van der Waals surface area contributed by atoms with Crippen LogP contribution in [0.2, 0.25) is 0 Å². The fourth-order valence-corrected chi connectivity index (χ4v) is 6.10. The van der Waals surface area contributed by atoms with E-state index in [4.69, 9.17) is 4.74 Å². The summed E-state index contributed by atoms with van der Waals surface area (Å²) in [5.74, 6) is 0.359. The zero-order valence-corrected chi connectivity index (χ0v) is 20.7. The molecule has 1 aliphatic heterocycles. The van der Waals surface area contributed by atoms with Crippen molar-refractivity contribution in [1.82, 2.24) is 15.0 Å². The summed E-state index contributed by atoms with van der Waals surface area (Å²) in [4.78, 5) is 3.25. The van der Waals surface area contributed by atoms with Gasteiger partial charge in [-0.3, -0.25) is 5.32 Å². The second-order valence-corrected chi connectivity index (χ2v) is 10.6. The van der Waals surface area contributed by atoms with Gasteiger partial charge in [-0.15, -0.1) is 0 Å². The zero-order valence-electron chi connectivity index (χ0n) is 19.9. The maximum absolute atomic E-state index is 13.6. The number of hydrogen-bond acceptors (Lipinski definition) is 6. The first kappa shape index (κ1) is 24.5. The molecule has 0 saturated carbocycles. The van der Waals surface area contributed by atoms with Crippen LogP contribution in [0.3, 0.4) is 0 Å². The average Bonchev–Trinajstić information content (AvgIpc) is 3.54. The minimum absolute atomic E-state index is 0.0595. The monoisotopic (exact) mass is 507 g/mol. The molecule has 5 N–H and O–H groups in total. The molecule has 3 aromatic carbocycles. The van der Waals surface area contributed by atoms with Crippen molar-refractivity contribution in [3.8, 4) is 16.9 Å². The van der Waals surface area contributed by atoms with Gasteiger partial charge in [-0.05, 0) is 59.5 Å². The Hall–Kier alpha value is -3.21. The summed E-state index contributed by atoms with van der Waals surface area (Å²) in [5, 5.41) is 23.8. The summed E-state index contributed by atoms with van der Waals surface area (Å²) in [6.07, 6.45) is 2.01. The highest BCUT2D eigenvalue weighted by atomic mass is 32.2. The number of aliphatic hydroxyl groups excluding tert-OH is 2. The number of aromatic nitrogens is 1. The lowest BCUT2D eigenvalue weighted by Gasteiger charge is -2.18. The molecule has 0 spiro atoms. The second kappa shape index (κ2) is 10.0. The number of fused-ring (bicyclic) bond motifs is 2. The molecule has 188 valence electrons. The van der Waals surface area contributed by atoms with Crippen LogP contribution in [0.4, 0.5) is 0 Å². The lowest BCUT2D eigenvalue weighted by Crippen LogP contribution is -2.39. The van der Waals surface area contributed by atoms with Crippen molar-refractivity contribution >= 4 is 20.9 Å². The Morgan fingerprint density at radius 1 is 1.08 bits per heavy atom. The van der Waals surface area contributed by atoms with Crippen LogP contribution < -0.4 is 14.8 Å². The normalized spacial score (nSPS) is 15.0. The van der Waals surface area contributed by atoms with Crippen molar-refractivity contribution in [3.05, 3.63) is 83.6 Å². The van der Waals surface area contributed by atoms with Gasteiger partial charge in [0.25, 0.3) is 0 Å². The standard InChI is InChI=1S/C27H29N3O5S/c1-28-27(32)18-8-6-17(7-9-18)20-12-19-10-11-35-26(19)25(14-20)36(33,34)30-22(16-31)13-21-15-29-24-5-3-2-4-23(21)24/h2-9,12,14-15,22,27-32H,10-11,13,16H2,1H3/t22-,27?/m1/s1. The molecule has 5 rings (SSSR count). The van der Waals surface area contributed by atoms with E-state index in [0.29, 0.717) is 30.8 Å². The maximum Gasteiger partial charge on any atom is 0.244 e.